The lowest BCUT2D eigenvalue weighted by Crippen LogP contribution is -2.48. The summed E-state index contributed by atoms with van der Waals surface area (Å²) in [6.45, 7) is 9.45. The largest absolute Gasteiger partial charge is 0.491 e. The van der Waals surface area contributed by atoms with E-state index in [2.05, 4.69) is 33.6 Å². The molecule has 0 bridgehead atoms. The Morgan fingerprint density at radius 3 is 2.21 bits per heavy atom. The van der Waals surface area contributed by atoms with E-state index in [9.17, 15) is 0 Å². The SMILES string of the molecule is CC(C)CN1CCN(c2ncc(B(O)O)cn2)CC1. The molecule has 0 atom stereocenters. The number of hydrogen-bond acceptors (Lipinski definition) is 6. The van der Waals surface area contributed by atoms with Gasteiger partial charge < -0.3 is 14.9 Å². The zero-order valence-corrected chi connectivity index (χ0v) is 11.5. The quantitative estimate of drug-likeness (QED) is 0.675. The summed E-state index contributed by atoms with van der Waals surface area (Å²) in [5.74, 6) is 1.35. The van der Waals surface area contributed by atoms with Crippen molar-refractivity contribution in [2.75, 3.05) is 37.6 Å². The van der Waals surface area contributed by atoms with Gasteiger partial charge in [0, 0.05) is 50.6 Å². The van der Waals surface area contributed by atoms with E-state index < -0.39 is 7.12 Å². The van der Waals surface area contributed by atoms with Crippen molar-refractivity contribution in [3.63, 3.8) is 0 Å². The lowest BCUT2D eigenvalue weighted by atomic mass is 9.83. The molecular formula is C12H21BN4O2. The van der Waals surface area contributed by atoms with E-state index in [0.29, 0.717) is 17.3 Å². The number of anilines is 1. The van der Waals surface area contributed by atoms with Gasteiger partial charge in [-0.15, -0.1) is 0 Å². The summed E-state index contributed by atoms with van der Waals surface area (Å²) in [6.07, 6.45) is 2.93. The van der Waals surface area contributed by atoms with Crippen LogP contribution in [-0.4, -0.2) is 64.8 Å². The molecule has 1 aromatic rings. The maximum Gasteiger partial charge on any atom is 0.491 e. The Labute approximate surface area is 114 Å². The minimum atomic E-state index is -1.50. The molecule has 0 aliphatic carbocycles. The van der Waals surface area contributed by atoms with Crippen LogP contribution in [0, 0.1) is 5.92 Å². The van der Waals surface area contributed by atoms with Crippen LogP contribution in [0.3, 0.4) is 0 Å². The Kier molecular flexibility index (Phi) is 4.73. The maximum absolute atomic E-state index is 9.00. The zero-order chi connectivity index (χ0) is 13.8. The third-order valence-electron chi connectivity index (χ3n) is 3.23. The molecule has 0 aromatic carbocycles. The molecule has 2 rings (SSSR count). The van der Waals surface area contributed by atoms with Gasteiger partial charge in [-0.3, -0.25) is 4.90 Å². The molecule has 1 aliphatic rings. The van der Waals surface area contributed by atoms with E-state index in [1.807, 2.05) is 0 Å². The van der Waals surface area contributed by atoms with Crippen LogP contribution in [0.4, 0.5) is 5.95 Å². The number of nitrogens with zero attached hydrogens (tertiary/aromatic N) is 4. The fourth-order valence-electron chi connectivity index (χ4n) is 2.27. The molecule has 2 heterocycles. The van der Waals surface area contributed by atoms with Crippen LogP contribution in [-0.2, 0) is 0 Å². The summed E-state index contributed by atoms with van der Waals surface area (Å²) in [4.78, 5) is 13.0. The second-order valence-electron chi connectivity index (χ2n) is 5.37. The molecule has 19 heavy (non-hydrogen) atoms. The predicted molar refractivity (Wildman–Crippen MR) is 75.3 cm³/mol. The molecule has 104 valence electrons. The normalized spacial score (nSPS) is 17.0. The van der Waals surface area contributed by atoms with Crippen LogP contribution in [0.2, 0.25) is 0 Å². The van der Waals surface area contributed by atoms with E-state index in [1.165, 1.54) is 12.4 Å². The van der Waals surface area contributed by atoms with Crippen molar-refractivity contribution in [1.29, 1.82) is 0 Å². The third kappa shape index (κ3) is 3.89. The van der Waals surface area contributed by atoms with Crippen LogP contribution >= 0.6 is 0 Å². The Balaban J connectivity index is 1.90. The van der Waals surface area contributed by atoms with E-state index >= 15 is 0 Å². The summed E-state index contributed by atoms with van der Waals surface area (Å²) < 4.78 is 0. The van der Waals surface area contributed by atoms with Crippen molar-refractivity contribution in [1.82, 2.24) is 14.9 Å². The van der Waals surface area contributed by atoms with E-state index in [-0.39, 0.29) is 0 Å². The van der Waals surface area contributed by atoms with Gasteiger partial charge in [0.25, 0.3) is 0 Å². The number of rotatable bonds is 4. The topological polar surface area (TPSA) is 72.7 Å². The van der Waals surface area contributed by atoms with Gasteiger partial charge in [-0.05, 0) is 5.92 Å². The molecule has 1 aliphatic heterocycles. The molecular weight excluding hydrogens is 243 g/mol. The van der Waals surface area contributed by atoms with Crippen LogP contribution < -0.4 is 10.4 Å². The molecule has 0 saturated carbocycles. The standard InChI is InChI=1S/C12H21BN4O2/c1-10(2)9-16-3-5-17(6-4-16)12-14-7-11(8-15-12)13(18)19/h7-8,10,18-19H,3-6,9H2,1-2H3. The second kappa shape index (κ2) is 6.32. The molecule has 2 N–H and O–H groups in total. The highest BCUT2D eigenvalue weighted by atomic mass is 16.4. The minimum Gasteiger partial charge on any atom is -0.423 e. The van der Waals surface area contributed by atoms with Crippen LogP contribution in [0.25, 0.3) is 0 Å². The van der Waals surface area contributed by atoms with Crippen molar-refractivity contribution in [3.05, 3.63) is 12.4 Å². The summed E-state index contributed by atoms with van der Waals surface area (Å²) in [5, 5.41) is 18.0. The van der Waals surface area contributed by atoms with Gasteiger partial charge in [-0.1, -0.05) is 13.8 Å². The molecule has 0 amide bonds. The van der Waals surface area contributed by atoms with Crippen LogP contribution in [0.15, 0.2) is 12.4 Å². The van der Waals surface area contributed by atoms with Gasteiger partial charge in [-0.25, -0.2) is 9.97 Å². The van der Waals surface area contributed by atoms with Gasteiger partial charge in [0.05, 0.1) is 0 Å². The van der Waals surface area contributed by atoms with Gasteiger partial charge in [0.2, 0.25) is 5.95 Å². The molecule has 6 nitrogen and oxygen atoms in total. The molecule has 1 saturated heterocycles. The fraction of sp³-hybridized carbons (Fsp3) is 0.667. The minimum absolute atomic E-state index is 0.321. The molecule has 1 aromatic heterocycles. The molecule has 0 spiro atoms. The van der Waals surface area contributed by atoms with E-state index in [0.717, 1.165) is 32.7 Å². The van der Waals surface area contributed by atoms with Crippen LogP contribution in [0.1, 0.15) is 13.8 Å². The summed E-state index contributed by atoms with van der Waals surface area (Å²) >= 11 is 0. The first-order valence-electron chi connectivity index (χ1n) is 6.71. The van der Waals surface area contributed by atoms with Gasteiger partial charge in [-0.2, -0.15) is 0 Å². The molecule has 0 radical (unpaired) electrons. The molecule has 0 unspecified atom stereocenters. The summed E-state index contributed by atoms with van der Waals surface area (Å²) in [5.41, 5.74) is 0.321. The number of hydrogen-bond donors (Lipinski definition) is 2. The van der Waals surface area contributed by atoms with Gasteiger partial charge in [0.1, 0.15) is 0 Å². The smallest absolute Gasteiger partial charge is 0.423 e. The Morgan fingerprint density at radius 1 is 1.16 bits per heavy atom. The highest BCUT2D eigenvalue weighted by molar-refractivity contribution is 6.58. The maximum atomic E-state index is 9.00. The monoisotopic (exact) mass is 264 g/mol. The van der Waals surface area contributed by atoms with E-state index in [4.69, 9.17) is 10.0 Å². The summed E-state index contributed by atoms with van der Waals surface area (Å²) in [7, 11) is -1.50. The second-order valence-corrected chi connectivity index (χ2v) is 5.37. The Hall–Kier alpha value is -1.18. The Bertz CT molecular complexity index is 391. The summed E-state index contributed by atoms with van der Waals surface area (Å²) in [6, 6.07) is 0. The highest BCUT2D eigenvalue weighted by Crippen LogP contribution is 2.10. The first-order chi connectivity index (χ1) is 9.06. The average Bonchev–Trinajstić information content (AvgIpc) is 2.39. The predicted octanol–water partition coefficient (Wildman–Crippen LogP) is -1.07. The van der Waals surface area contributed by atoms with Crippen molar-refractivity contribution in [2.24, 2.45) is 5.92 Å². The molecule has 7 heteroatoms. The van der Waals surface area contributed by atoms with Crippen molar-refractivity contribution in [2.45, 2.75) is 13.8 Å². The molecule has 1 fully saturated rings. The zero-order valence-electron chi connectivity index (χ0n) is 11.5. The fourth-order valence-corrected chi connectivity index (χ4v) is 2.27. The number of piperazine rings is 1. The lowest BCUT2D eigenvalue weighted by Gasteiger charge is -2.35. The lowest BCUT2D eigenvalue weighted by molar-refractivity contribution is 0.230. The van der Waals surface area contributed by atoms with Crippen molar-refractivity contribution >= 4 is 18.5 Å². The van der Waals surface area contributed by atoms with Gasteiger partial charge in [0.15, 0.2) is 0 Å². The highest BCUT2D eigenvalue weighted by Gasteiger charge is 2.20. The van der Waals surface area contributed by atoms with E-state index in [1.54, 1.807) is 0 Å². The Morgan fingerprint density at radius 2 is 1.74 bits per heavy atom. The number of aromatic nitrogens is 2. The first kappa shape index (κ1) is 14.2. The average molecular weight is 264 g/mol. The van der Waals surface area contributed by atoms with Gasteiger partial charge >= 0.3 is 7.12 Å². The third-order valence-corrected chi connectivity index (χ3v) is 3.23. The van der Waals surface area contributed by atoms with Crippen molar-refractivity contribution < 1.29 is 10.0 Å². The first-order valence-corrected chi connectivity index (χ1v) is 6.71. The van der Waals surface area contributed by atoms with Crippen LogP contribution in [0.5, 0.6) is 0 Å². The van der Waals surface area contributed by atoms with Crippen molar-refractivity contribution in [3.8, 4) is 0 Å².